The van der Waals surface area contributed by atoms with Crippen LogP contribution in [0.4, 0.5) is 0 Å². The van der Waals surface area contributed by atoms with Crippen LogP contribution in [-0.2, 0) is 10.0 Å². The molecule has 5 heteroatoms. The lowest BCUT2D eigenvalue weighted by Gasteiger charge is -2.38. The lowest BCUT2D eigenvalue weighted by Crippen LogP contribution is -2.41. The molecule has 0 spiro atoms. The molecule has 18 heavy (non-hydrogen) atoms. The van der Waals surface area contributed by atoms with E-state index in [0.29, 0.717) is 24.9 Å². The molecule has 0 amide bonds. The van der Waals surface area contributed by atoms with Gasteiger partial charge >= 0.3 is 0 Å². The summed E-state index contributed by atoms with van der Waals surface area (Å²) in [6.45, 7) is 5.73. The number of halogens is 1. The van der Waals surface area contributed by atoms with Gasteiger partial charge in [0.05, 0.1) is 6.26 Å². The van der Waals surface area contributed by atoms with Crippen molar-refractivity contribution in [2.75, 3.05) is 25.2 Å². The molecule has 0 aromatic heterocycles. The summed E-state index contributed by atoms with van der Waals surface area (Å²) in [7, 11) is -3.03. The average Bonchev–Trinajstić information content (AvgIpc) is 2.35. The molecule has 0 aliphatic carbocycles. The van der Waals surface area contributed by atoms with Gasteiger partial charge in [-0.2, -0.15) is 0 Å². The van der Waals surface area contributed by atoms with Crippen molar-refractivity contribution >= 4 is 21.6 Å². The molecule has 1 fully saturated rings. The Balaban J connectivity index is 2.67. The van der Waals surface area contributed by atoms with Crippen molar-refractivity contribution in [3.8, 4) is 0 Å². The molecule has 1 rings (SSSR count). The molecule has 1 heterocycles. The number of nitrogens with zero attached hydrogens (tertiary/aromatic N) is 1. The second-order valence-electron chi connectivity index (χ2n) is 5.67. The first-order valence-electron chi connectivity index (χ1n) is 6.88. The van der Waals surface area contributed by atoms with Crippen molar-refractivity contribution in [3.63, 3.8) is 0 Å². The van der Waals surface area contributed by atoms with Crippen LogP contribution >= 0.6 is 11.6 Å². The third-order valence-corrected chi connectivity index (χ3v) is 6.29. The van der Waals surface area contributed by atoms with Crippen LogP contribution in [0, 0.1) is 11.3 Å². The van der Waals surface area contributed by atoms with Crippen LogP contribution in [-0.4, -0.2) is 37.9 Å². The maximum atomic E-state index is 11.6. The number of piperidine rings is 1. The van der Waals surface area contributed by atoms with Crippen molar-refractivity contribution in [2.45, 2.75) is 46.0 Å². The van der Waals surface area contributed by atoms with Gasteiger partial charge in [-0.3, -0.25) is 0 Å². The fourth-order valence-electron chi connectivity index (χ4n) is 2.89. The molecule has 1 saturated heterocycles. The molecule has 0 saturated carbocycles. The second-order valence-corrected chi connectivity index (χ2v) is 7.92. The van der Waals surface area contributed by atoms with Gasteiger partial charge in [-0.15, -0.1) is 11.6 Å². The fraction of sp³-hybridized carbons (Fsp3) is 1.00. The lowest BCUT2D eigenvalue weighted by molar-refractivity contribution is 0.170. The van der Waals surface area contributed by atoms with E-state index in [1.807, 2.05) is 0 Å². The standard InChI is InChI=1S/C13H26ClNO2S/c1-4-13(5-2,11-14)9-12-7-6-8-15(10-12)18(3,16)17/h12H,4-11H2,1-3H3. The van der Waals surface area contributed by atoms with Crippen molar-refractivity contribution in [1.29, 1.82) is 0 Å². The number of sulfonamides is 1. The summed E-state index contributed by atoms with van der Waals surface area (Å²) >= 11 is 6.14. The molecule has 0 aromatic rings. The van der Waals surface area contributed by atoms with Crippen LogP contribution < -0.4 is 0 Å². The summed E-state index contributed by atoms with van der Waals surface area (Å²) in [5.41, 5.74) is 0.187. The van der Waals surface area contributed by atoms with Gasteiger partial charge in [0.25, 0.3) is 0 Å². The van der Waals surface area contributed by atoms with Gasteiger partial charge in [-0.25, -0.2) is 12.7 Å². The van der Waals surface area contributed by atoms with Crippen molar-refractivity contribution < 1.29 is 8.42 Å². The SMILES string of the molecule is CCC(CC)(CCl)CC1CCCN(S(C)(=O)=O)C1. The van der Waals surface area contributed by atoms with E-state index >= 15 is 0 Å². The maximum Gasteiger partial charge on any atom is 0.211 e. The molecule has 3 nitrogen and oxygen atoms in total. The first-order chi connectivity index (χ1) is 8.37. The molecule has 1 unspecified atom stereocenters. The molecule has 1 aliphatic heterocycles. The second kappa shape index (κ2) is 6.58. The van der Waals surface area contributed by atoms with Crippen molar-refractivity contribution in [3.05, 3.63) is 0 Å². The topological polar surface area (TPSA) is 37.4 Å². The molecule has 1 atom stereocenters. The van der Waals surface area contributed by atoms with Gasteiger partial charge < -0.3 is 0 Å². The zero-order valence-electron chi connectivity index (χ0n) is 11.8. The Morgan fingerprint density at radius 3 is 2.39 bits per heavy atom. The molecule has 0 radical (unpaired) electrons. The Morgan fingerprint density at radius 2 is 1.94 bits per heavy atom. The smallest absolute Gasteiger partial charge is 0.211 e. The van der Waals surface area contributed by atoms with E-state index in [2.05, 4.69) is 13.8 Å². The van der Waals surface area contributed by atoms with E-state index in [-0.39, 0.29) is 5.41 Å². The molecular weight excluding hydrogens is 270 g/mol. The summed E-state index contributed by atoms with van der Waals surface area (Å²) in [5.74, 6) is 1.14. The third kappa shape index (κ3) is 4.10. The lowest BCUT2D eigenvalue weighted by atomic mass is 9.75. The first-order valence-corrected chi connectivity index (χ1v) is 9.26. The molecule has 1 aliphatic rings. The molecule has 0 aromatic carbocycles. The quantitative estimate of drug-likeness (QED) is 0.706. The summed E-state index contributed by atoms with van der Waals surface area (Å²) in [4.78, 5) is 0. The first kappa shape index (κ1) is 16.3. The van der Waals surface area contributed by atoms with Crippen LogP contribution in [0.2, 0.25) is 0 Å². The summed E-state index contributed by atoms with van der Waals surface area (Å²) in [6, 6.07) is 0. The highest BCUT2D eigenvalue weighted by atomic mass is 35.5. The van der Waals surface area contributed by atoms with E-state index in [1.54, 1.807) is 4.31 Å². The minimum Gasteiger partial charge on any atom is -0.213 e. The van der Waals surface area contributed by atoms with Gasteiger partial charge in [0, 0.05) is 19.0 Å². The normalized spacial score (nSPS) is 23.2. The van der Waals surface area contributed by atoms with Gasteiger partial charge in [0.1, 0.15) is 0 Å². The Labute approximate surface area is 117 Å². The fourth-order valence-corrected chi connectivity index (χ4v) is 4.32. The van der Waals surface area contributed by atoms with Gasteiger partial charge in [-0.05, 0) is 43.4 Å². The Bertz CT molecular complexity index is 344. The van der Waals surface area contributed by atoms with E-state index in [0.717, 1.165) is 32.1 Å². The third-order valence-electron chi connectivity index (χ3n) is 4.46. The highest BCUT2D eigenvalue weighted by Gasteiger charge is 2.33. The number of hydrogen-bond donors (Lipinski definition) is 0. The Hall–Kier alpha value is 0.200. The summed E-state index contributed by atoms with van der Waals surface area (Å²) in [6.07, 6.45) is 6.61. The Morgan fingerprint density at radius 1 is 1.33 bits per heavy atom. The maximum absolute atomic E-state index is 11.6. The average molecular weight is 296 g/mol. The van der Waals surface area contributed by atoms with Crippen LogP contribution in [0.15, 0.2) is 0 Å². The van der Waals surface area contributed by atoms with Gasteiger partial charge in [-0.1, -0.05) is 13.8 Å². The van der Waals surface area contributed by atoms with Crippen LogP contribution in [0.5, 0.6) is 0 Å². The number of alkyl halides is 1. The number of hydrogen-bond acceptors (Lipinski definition) is 2. The molecule has 0 bridgehead atoms. The molecule has 0 N–H and O–H groups in total. The zero-order chi connectivity index (χ0) is 13.8. The molecular formula is C13H26ClNO2S. The van der Waals surface area contributed by atoms with Gasteiger partial charge in [0.2, 0.25) is 10.0 Å². The van der Waals surface area contributed by atoms with Crippen molar-refractivity contribution in [2.24, 2.45) is 11.3 Å². The minimum atomic E-state index is -3.03. The van der Waals surface area contributed by atoms with E-state index < -0.39 is 10.0 Å². The van der Waals surface area contributed by atoms with E-state index in [4.69, 9.17) is 11.6 Å². The van der Waals surface area contributed by atoms with Crippen LogP contribution in [0.25, 0.3) is 0 Å². The van der Waals surface area contributed by atoms with E-state index in [1.165, 1.54) is 6.26 Å². The zero-order valence-corrected chi connectivity index (χ0v) is 13.4. The van der Waals surface area contributed by atoms with E-state index in [9.17, 15) is 8.42 Å². The largest absolute Gasteiger partial charge is 0.213 e. The summed E-state index contributed by atoms with van der Waals surface area (Å²) in [5, 5.41) is 0. The predicted molar refractivity (Wildman–Crippen MR) is 77.5 cm³/mol. The Kier molecular flexibility index (Phi) is 5.94. The van der Waals surface area contributed by atoms with Crippen LogP contribution in [0.1, 0.15) is 46.0 Å². The predicted octanol–water partition coefficient (Wildman–Crippen LogP) is 3.09. The minimum absolute atomic E-state index is 0.187. The highest BCUT2D eigenvalue weighted by Crippen LogP contribution is 2.38. The summed E-state index contributed by atoms with van der Waals surface area (Å²) < 4.78 is 24.8. The molecule has 108 valence electrons. The monoisotopic (exact) mass is 295 g/mol. The van der Waals surface area contributed by atoms with Crippen LogP contribution in [0.3, 0.4) is 0 Å². The van der Waals surface area contributed by atoms with Crippen molar-refractivity contribution in [1.82, 2.24) is 4.31 Å². The van der Waals surface area contributed by atoms with Gasteiger partial charge in [0.15, 0.2) is 0 Å². The number of rotatable bonds is 6. The highest BCUT2D eigenvalue weighted by molar-refractivity contribution is 7.88.